The summed E-state index contributed by atoms with van der Waals surface area (Å²) in [6, 6.07) is 15.4. The van der Waals surface area contributed by atoms with Crippen LogP contribution in [0, 0.1) is 6.92 Å². The van der Waals surface area contributed by atoms with Crippen molar-refractivity contribution in [3.05, 3.63) is 60.2 Å². The van der Waals surface area contributed by atoms with Gasteiger partial charge in [0.1, 0.15) is 11.0 Å². The number of hydrogen-bond acceptors (Lipinski definition) is 6. The molecule has 1 amide bonds. The van der Waals surface area contributed by atoms with Crippen molar-refractivity contribution in [2.24, 2.45) is 0 Å². The third kappa shape index (κ3) is 4.55. The van der Waals surface area contributed by atoms with Crippen molar-refractivity contribution in [2.45, 2.75) is 19.9 Å². The zero-order chi connectivity index (χ0) is 20.3. The smallest absolute Gasteiger partial charge is 0.249 e. The highest BCUT2D eigenvalue weighted by molar-refractivity contribution is 7.92. The summed E-state index contributed by atoms with van der Waals surface area (Å²) >= 11 is 1.23. The lowest BCUT2D eigenvalue weighted by Crippen LogP contribution is -2.45. The van der Waals surface area contributed by atoms with E-state index in [1.807, 2.05) is 31.2 Å². The van der Waals surface area contributed by atoms with Crippen molar-refractivity contribution in [2.75, 3.05) is 15.9 Å². The number of benzene rings is 2. The molecule has 1 N–H and O–H groups in total. The third-order valence-electron chi connectivity index (χ3n) is 4.05. The van der Waals surface area contributed by atoms with E-state index in [0.29, 0.717) is 15.8 Å². The van der Waals surface area contributed by atoms with Gasteiger partial charge in [-0.1, -0.05) is 59.4 Å². The van der Waals surface area contributed by atoms with Crippen molar-refractivity contribution in [1.29, 1.82) is 0 Å². The summed E-state index contributed by atoms with van der Waals surface area (Å²) in [5.74, 6) is -0.485. The number of anilines is 2. The number of nitrogens with zero attached hydrogens (tertiary/aromatic N) is 3. The van der Waals surface area contributed by atoms with Gasteiger partial charge in [0.15, 0.2) is 0 Å². The molecule has 1 heterocycles. The van der Waals surface area contributed by atoms with Crippen LogP contribution in [0.2, 0.25) is 0 Å². The predicted octanol–water partition coefficient (Wildman–Crippen LogP) is 3.31. The molecule has 0 fully saturated rings. The van der Waals surface area contributed by atoms with Crippen molar-refractivity contribution >= 4 is 38.1 Å². The molecule has 0 saturated heterocycles. The standard InChI is InChI=1S/C19H20N4O3S2/c1-13-9-11-15(12-10-13)18-21-22-19(27-18)20-17(24)14(2)23(28(3,25)26)16-7-5-4-6-8-16/h4-12,14H,1-3H3,(H,20,22,24). The van der Waals surface area contributed by atoms with Crippen LogP contribution in [-0.4, -0.2) is 36.8 Å². The summed E-state index contributed by atoms with van der Waals surface area (Å²) in [6.07, 6.45) is 1.07. The van der Waals surface area contributed by atoms with Gasteiger partial charge in [0, 0.05) is 5.56 Å². The number of carbonyl (C=O) groups is 1. The fourth-order valence-corrected chi connectivity index (χ4v) is 4.61. The van der Waals surface area contributed by atoms with E-state index in [2.05, 4.69) is 15.5 Å². The Morgan fingerprint density at radius 3 is 2.32 bits per heavy atom. The van der Waals surface area contributed by atoms with Gasteiger partial charge in [-0.15, -0.1) is 10.2 Å². The van der Waals surface area contributed by atoms with Crippen LogP contribution in [0.5, 0.6) is 0 Å². The van der Waals surface area contributed by atoms with E-state index in [-0.39, 0.29) is 0 Å². The molecule has 1 aromatic heterocycles. The van der Waals surface area contributed by atoms with Gasteiger partial charge < -0.3 is 0 Å². The molecule has 7 nitrogen and oxygen atoms in total. The molecule has 2 aromatic carbocycles. The fraction of sp³-hybridized carbons (Fsp3) is 0.211. The summed E-state index contributed by atoms with van der Waals surface area (Å²) in [6.45, 7) is 3.53. The number of rotatable bonds is 6. The van der Waals surface area contributed by atoms with Gasteiger partial charge in [0.05, 0.1) is 11.9 Å². The highest BCUT2D eigenvalue weighted by atomic mass is 32.2. The number of carbonyl (C=O) groups excluding carboxylic acids is 1. The molecule has 0 aliphatic heterocycles. The Labute approximate surface area is 168 Å². The number of nitrogens with one attached hydrogen (secondary N) is 1. The summed E-state index contributed by atoms with van der Waals surface area (Å²) < 4.78 is 25.6. The summed E-state index contributed by atoms with van der Waals surface area (Å²) in [5.41, 5.74) is 2.46. The van der Waals surface area contributed by atoms with Gasteiger partial charge in [-0.3, -0.25) is 14.4 Å². The van der Waals surface area contributed by atoms with Crippen LogP contribution >= 0.6 is 11.3 Å². The predicted molar refractivity (Wildman–Crippen MR) is 112 cm³/mol. The average molecular weight is 417 g/mol. The Hall–Kier alpha value is -2.78. The van der Waals surface area contributed by atoms with E-state index in [1.54, 1.807) is 30.3 Å². The second-order valence-electron chi connectivity index (χ2n) is 6.34. The van der Waals surface area contributed by atoms with Crippen molar-refractivity contribution in [3.8, 4) is 10.6 Å². The van der Waals surface area contributed by atoms with E-state index in [0.717, 1.165) is 21.7 Å². The minimum absolute atomic E-state index is 0.314. The van der Waals surface area contributed by atoms with E-state index in [4.69, 9.17) is 0 Å². The Balaban J connectivity index is 1.79. The summed E-state index contributed by atoms with van der Waals surface area (Å²) in [7, 11) is -3.66. The van der Waals surface area contributed by atoms with E-state index in [1.165, 1.54) is 18.3 Å². The third-order valence-corrected chi connectivity index (χ3v) is 6.18. The van der Waals surface area contributed by atoms with E-state index < -0.39 is 22.0 Å². The first-order chi connectivity index (χ1) is 13.3. The second-order valence-corrected chi connectivity index (χ2v) is 9.17. The maximum atomic E-state index is 12.7. The lowest BCUT2D eigenvalue weighted by atomic mass is 10.2. The number of aromatic nitrogens is 2. The van der Waals surface area contributed by atoms with Crippen LogP contribution in [0.1, 0.15) is 12.5 Å². The molecule has 3 aromatic rings. The SMILES string of the molecule is Cc1ccc(-c2nnc(NC(=O)C(C)N(c3ccccc3)S(C)(=O)=O)s2)cc1. The average Bonchev–Trinajstić information content (AvgIpc) is 3.10. The lowest BCUT2D eigenvalue weighted by molar-refractivity contribution is -0.116. The highest BCUT2D eigenvalue weighted by Gasteiger charge is 2.29. The monoisotopic (exact) mass is 416 g/mol. The molecule has 1 atom stereocenters. The quantitative estimate of drug-likeness (QED) is 0.666. The molecular weight excluding hydrogens is 396 g/mol. The minimum atomic E-state index is -3.66. The zero-order valence-electron chi connectivity index (χ0n) is 15.7. The van der Waals surface area contributed by atoms with Crippen LogP contribution in [0.4, 0.5) is 10.8 Å². The molecule has 0 radical (unpaired) electrons. The zero-order valence-corrected chi connectivity index (χ0v) is 17.3. The number of sulfonamides is 1. The van der Waals surface area contributed by atoms with Crippen LogP contribution < -0.4 is 9.62 Å². The van der Waals surface area contributed by atoms with Gasteiger partial charge in [0.2, 0.25) is 21.1 Å². The summed E-state index contributed by atoms with van der Waals surface area (Å²) in [5, 5.41) is 11.8. The van der Waals surface area contributed by atoms with Gasteiger partial charge in [-0.25, -0.2) is 8.42 Å². The largest absolute Gasteiger partial charge is 0.299 e. The molecule has 146 valence electrons. The Bertz CT molecular complexity index is 1060. The Morgan fingerprint density at radius 1 is 1.07 bits per heavy atom. The second kappa shape index (κ2) is 8.07. The van der Waals surface area contributed by atoms with E-state index >= 15 is 0 Å². The molecule has 3 rings (SSSR count). The van der Waals surface area contributed by atoms with E-state index in [9.17, 15) is 13.2 Å². The number of aryl methyl sites for hydroxylation is 1. The minimum Gasteiger partial charge on any atom is -0.299 e. The van der Waals surface area contributed by atoms with Crippen LogP contribution in [0.15, 0.2) is 54.6 Å². The first kappa shape index (κ1) is 20.0. The van der Waals surface area contributed by atoms with Gasteiger partial charge in [0.25, 0.3) is 0 Å². The lowest BCUT2D eigenvalue weighted by Gasteiger charge is -2.27. The number of hydrogen-bond donors (Lipinski definition) is 1. The fourth-order valence-electron chi connectivity index (χ4n) is 2.68. The molecule has 0 aliphatic carbocycles. The highest BCUT2D eigenvalue weighted by Crippen LogP contribution is 2.27. The van der Waals surface area contributed by atoms with Crippen molar-refractivity contribution < 1.29 is 13.2 Å². The first-order valence-corrected chi connectivity index (χ1v) is 11.2. The van der Waals surface area contributed by atoms with Gasteiger partial charge in [-0.2, -0.15) is 0 Å². The Morgan fingerprint density at radius 2 is 1.71 bits per heavy atom. The van der Waals surface area contributed by atoms with Crippen LogP contribution in [0.25, 0.3) is 10.6 Å². The van der Waals surface area contributed by atoms with Gasteiger partial charge in [-0.05, 0) is 26.0 Å². The van der Waals surface area contributed by atoms with Crippen LogP contribution in [-0.2, 0) is 14.8 Å². The molecule has 0 bridgehead atoms. The molecule has 28 heavy (non-hydrogen) atoms. The molecule has 0 saturated carbocycles. The van der Waals surface area contributed by atoms with Crippen molar-refractivity contribution in [1.82, 2.24) is 10.2 Å². The topological polar surface area (TPSA) is 92.3 Å². The van der Waals surface area contributed by atoms with Crippen molar-refractivity contribution in [3.63, 3.8) is 0 Å². The Kier molecular flexibility index (Phi) is 5.76. The molecular formula is C19H20N4O3S2. The molecule has 0 spiro atoms. The summed E-state index contributed by atoms with van der Waals surface area (Å²) in [4.78, 5) is 12.7. The number of para-hydroxylation sites is 1. The number of amides is 1. The van der Waals surface area contributed by atoms with Crippen LogP contribution in [0.3, 0.4) is 0 Å². The maximum absolute atomic E-state index is 12.7. The maximum Gasteiger partial charge on any atom is 0.249 e. The van der Waals surface area contributed by atoms with Gasteiger partial charge >= 0.3 is 0 Å². The normalized spacial score (nSPS) is 12.4. The molecule has 0 aliphatic rings. The molecule has 1 unspecified atom stereocenters. The molecule has 9 heteroatoms. The first-order valence-electron chi connectivity index (χ1n) is 8.51.